The van der Waals surface area contributed by atoms with E-state index in [1.807, 2.05) is 6.07 Å². The number of aromatic nitrogens is 1. The van der Waals surface area contributed by atoms with Crippen LogP contribution in [0.3, 0.4) is 0 Å². The summed E-state index contributed by atoms with van der Waals surface area (Å²) in [6, 6.07) is 8.44. The van der Waals surface area contributed by atoms with Crippen LogP contribution in [-0.2, 0) is 6.54 Å². The summed E-state index contributed by atoms with van der Waals surface area (Å²) < 4.78 is 10.9. The van der Waals surface area contributed by atoms with Crippen LogP contribution in [-0.4, -0.2) is 18.0 Å². The Morgan fingerprint density at radius 1 is 1.30 bits per heavy atom. The summed E-state index contributed by atoms with van der Waals surface area (Å²) in [7, 11) is 1.52. The van der Waals surface area contributed by atoms with Gasteiger partial charge in [0.15, 0.2) is 11.5 Å². The Morgan fingerprint density at radius 3 is 2.75 bits per heavy atom. The number of hydrogen-bond acceptors (Lipinski definition) is 5. The second-order valence-corrected chi connectivity index (χ2v) is 4.01. The first kappa shape index (κ1) is 13.8. The number of primary amides is 1. The summed E-state index contributed by atoms with van der Waals surface area (Å²) >= 11 is 0. The maximum Gasteiger partial charge on any atom is 0.254 e. The zero-order valence-corrected chi connectivity index (χ0v) is 11.0. The van der Waals surface area contributed by atoms with E-state index < -0.39 is 5.91 Å². The van der Waals surface area contributed by atoms with E-state index in [9.17, 15) is 4.79 Å². The van der Waals surface area contributed by atoms with Crippen LogP contribution in [0.25, 0.3) is 0 Å². The van der Waals surface area contributed by atoms with Crippen LogP contribution in [0.15, 0.2) is 36.5 Å². The number of ether oxygens (including phenoxy) is 2. The lowest BCUT2D eigenvalue weighted by Crippen LogP contribution is -2.12. The minimum Gasteiger partial charge on any atom is -0.493 e. The van der Waals surface area contributed by atoms with Gasteiger partial charge in [0.2, 0.25) is 5.88 Å². The van der Waals surface area contributed by atoms with Gasteiger partial charge >= 0.3 is 0 Å². The van der Waals surface area contributed by atoms with Crippen molar-refractivity contribution in [1.29, 1.82) is 0 Å². The minimum atomic E-state index is -0.606. The Kier molecular flexibility index (Phi) is 4.17. The fourth-order valence-corrected chi connectivity index (χ4v) is 1.69. The molecule has 0 aliphatic rings. The van der Waals surface area contributed by atoms with Crippen molar-refractivity contribution < 1.29 is 14.3 Å². The summed E-state index contributed by atoms with van der Waals surface area (Å²) in [4.78, 5) is 15.3. The second kappa shape index (κ2) is 6.03. The lowest BCUT2D eigenvalue weighted by atomic mass is 10.2. The Labute approximate surface area is 116 Å². The zero-order chi connectivity index (χ0) is 14.5. The van der Waals surface area contributed by atoms with Crippen molar-refractivity contribution in [2.24, 2.45) is 11.5 Å². The van der Waals surface area contributed by atoms with E-state index in [0.717, 1.165) is 5.56 Å². The molecule has 0 saturated carbocycles. The molecule has 0 spiro atoms. The number of pyridine rings is 1. The Morgan fingerprint density at radius 2 is 2.10 bits per heavy atom. The molecule has 1 amide bonds. The predicted octanol–water partition coefficient (Wildman–Crippen LogP) is 1.44. The van der Waals surface area contributed by atoms with Gasteiger partial charge in [0.05, 0.1) is 7.11 Å². The molecule has 1 aromatic carbocycles. The third-order valence-electron chi connectivity index (χ3n) is 2.71. The van der Waals surface area contributed by atoms with Gasteiger partial charge in [-0.15, -0.1) is 0 Å². The summed E-state index contributed by atoms with van der Waals surface area (Å²) in [5.74, 6) is 0.476. The van der Waals surface area contributed by atoms with Crippen LogP contribution in [0.2, 0.25) is 0 Å². The SMILES string of the molecule is COc1cc(CN)ccc1Oc1ncccc1C(N)=O. The lowest BCUT2D eigenvalue weighted by Gasteiger charge is -2.12. The topological polar surface area (TPSA) is 100 Å². The summed E-state index contributed by atoms with van der Waals surface area (Å²) in [6.07, 6.45) is 1.52. The van der Waals surface area contributed by atoms with Crippen molar-refractivity contribution in [3.05, 3.63) is 47.7 Å². The molecule has 0 unspecified atom stereocenters. The van der Waals surface area contributed by atoms with E-state index in [0.29, 0.717) is 18.0 Å². The number of methoxy groups -OCH3 is 1. The van der Waals surface area contributed by atoms with Gasteiger partial charge in [-0.3, -0.25) is 4.79 Å². The molecule has 20 heavy (non-hydrogen) atoms. The summed E-state index contributed by atoms with van der Waals surface area (Å²) in [6.45, 7) is 0.396. The molecule has 6 heteroatoms. The minimum absolute atomic E-state index is 0.138. The highest BCUT2D eigenvalue weighted by molar-refractivity contribution is 5.95. The van der Waals surface area contributed by atoms with Crippen molar-refractivity contribution in [3.8, 4) is 17.4 Å². The number of nitrogens with two attached hydrogens (primary N) is 2. The largest absolute Gasteiger partial charge is 0.493 e. The number of carbonyl (C=O) groups is 1. The van der Waals surface area contributed by atoms with E-state index in [4.69, 9.17) is 20.9 Å². The quantitative estimate of drug-likeness (QED) is 0.858. The first-order valence-corrected chi connectivity index (χ1v) is 5.95. The van der Waals surface area contributed by atoms with Crippen molar-refractivity contribution in [3.63, 3.8) is 0 Å². The molecule has 104 valence electrons. The van der Waals surface area contributed by atoms with Crippen molar-refractivity contribution in [1.82, 2.24) is 4.98 Å². The predicted molar refractivity (Wildman–Crippen MR) is 73.7 cm³/mol. The average molecular weight is 273 g/mol. The second-order valence-electron chi connectivity index (χ2n) is 4.01. The number of rotatable bonds is 5. The fraction of sp³-hybridized carbons (Fsp3) is 0.143. The molecule has 0 aliphatic carbocycles. The highest BCUT2D eigenvalue weighted by Crippen LogP contribution is 2.32. The molecular formula is C14H15N3O3. The van der Waals surface area contributed by atoms with Crippen LogP contribution in [0.4, 0.5) is 0 Å². The fourth-order valence-electron chi connectivity index (χ4n) is 1.69. The first-order valence-electron chi connectivity index (χ1n) is 5.95. The van der Waals surface area contributed by atoms with Crippen molar-refractivity contribution >= 4 is 5.91 Å². The van der Waals surface area contributed by atoms with Gasteiger partial charge in [0, 0.05) is 12.7 Å². The van der Waals surface area contributed by atoms with Crippen LogP contribution < -0.4 is 20.9 Å². The van der Waals surface area contributed by atoms with Gasteiger partial charge in [-0.1, -0.05) is 6.07 Å². The average Bonchev–Trinajstić information content (AvgIpc) is 2.48. The monoisotopic (exact) mass is 273 g/mol. The lowest BCUT2D eigenvalue weighted by molar-refractivity contribution is 0.0997. The number of benzene rings is 1. The number of carbonyl (C=O) groups excluding carboxylic acids is 1. The standard InChI is InChI=1S/C14H15N3O3/c1-19-12-7-9(8-15)4-5-11(12)20-14-10(13(16)18)3-2-6-17-14/h2-7H,8,15H2,1H3,(H2,16,18). The van der Waals surface area contributed by atoms with Crippen molar-refractivity contribution in [2.75, 3.05) is 7.11 Å². The van der Waals surface area contributed by atoms with Gasteiger partial charge < -0.3 is 20.9 Å². The van der Waals surface area contributed by atoms with Crippen LogP contribution in [0.5, 0.6) is 17.4 Å². The van der Waals surface area contributed by atoms with E-state index in [1.54, 1.807) is 24.3 Å². The van der Waals surface area contributed by atoms with Crippen molar-refractivity contribution in [2.45, 2.75) is 6.54 Å². The molecule has 0 atom stereocenters. The Bertz CT molecular complexity index is 629. The molecule has 1 aromatic heterocycles. The third-order valence-corrected chi connectivity index (χ3v) is 2.71. The first-order chi connectivity index (χ1) is 9.65. The molecular weight excluding hydrogens is 258 g/mol. The number of nitrogens with zero attached hydrogens (tertiary/aromatic N) is 1. The molecule has 0 radical (unpaired) electrons. The number of hydrogen-bond donors (Lipinski definition) is 2. The Balaban J connectivity index is 2.37. The summed E-state index contributed by atoms with van der Waals surface area (Å²) in [5.41, 5.74) is 12.0. The van der Waals surface area contributed by atoms with Crippen LogP contribution in [0, 0.1) is 0 Å². The van der Waals surface area contributed by atoms with E-state index in [1.165, 1.54) is 13.3 Å². The highest BCUT2D eigenvalue weighted by atomic mass is 16.5. The van der Waals surface area contributed by atoms with E-state index >= 15 is 0 Å². The summed E-state index contributed by atoms with van der Waals surface area (Å²) in [5, 5.41) is 0. The van der Waals surface area contributed by atoms with Gasteiger partial charge in [-0.2, -0.15) is 0 Å². The molecule has 0 fully saturated rings. The number of amides is 1. The van der Waals surface area contributed by atoms with Gasteiger partial charge in [-0.25, -0.2) is 4.98 Å². The van der Waals surface area contributed by atoms with Crippen LogP contribution in [0.1, 0.15) is 15.9 Å². The van der Waals surface area contributed by atoms with Gasteiger partial charge in [0.25, 0.3) is 5.91 Å². The maximum absolute atomic E-state index is 11.3. The highest BCUT2D eigenvalue weighted by Gasteiger charge is 2.13. The molecule has 4 N–H and O–H groups in total. The maximum atomic E-state index is 11.3. The van der Waals surface area contributed by atoms with Gasteiger partial charge in [0.1, 0.15) is 5.56 Å². The van der Waals surface area contributed by atoms with E-state index in [2.05, 4.69) is 4.98 Å². The smallest absolute Gasteiger partial charge is 0.254 e. The normalized spacial score (nSPS) is 10.1. The molecule has 6 nitrogen and oxygen atoms in total. The molecule has 0 aliphatic heterocycles. The zero-order valence-electron chi connectivity index (χ0n) is 11.0. The molecule has 0 saturated heterocycles. The molecule has 2 rings (SSSR count). The molecule has 1 heterocycles. The van der Waals surface area contributed by atoms with Crippen LogP contribution >= 0.6 is 0 Å². The molecule has 0 bridgehead atoms. The Hall–Kier alpha value is -2.60. The third kappa shape index (κ3) is 2.86. The van der Waals surface area contributed by atoms with Gasteiger partial charge in [-0.05, 0) is 29.8 Å². The molecule has 2 aromatic rings. The van der Waals surface area contributed by atoms with E-state index in [-0.39, 0.29) is 11.4 Å².